The van der Waals surface area contributed by atoms with Gasteiger partial charge in [-0.25, -0.2) is 0 Å². The van der Waals surface area contributed by atoms with Crippen LogP contribution in [0.1, 0.15) is 37.8 Å². The third-order valence-electron chi connectivity index (χ3n) is 4.01. The maximum Gasteiger partial charge on any atom is 0.00704 e. The van der Waals surface area contributed by atoms with Crippen LogP contribution < -0.4 is 0 Å². The molecule has 1 aromatic carbocycles. The first-order valence-electron chi connectivity index (χ1n) is 6.68. The van der Waals surface area contributed by atoms with Gasteiger partial charge in [0.1, 0.15) is 0 Å². The highest BCUT2D eigenvalue weighted by molar-refractivity contribution is 5.47. The Bertz CT molecular complexity index is 356. The van der Waals surface area contributed by atoms with Crippen molar-refractivity contribution in [3.05, 3.63) is 42.0 Å². The molecule has 0 N–H and O–H groups in total. The summed E-state index contributed by atoms with van der Waals surface area (Å²) in [6, 6.07) is 10.3. The van der Waals surface area contributed by atoms with Gasteiger partial charge in [0, 0.05) is 18.6 Å². The molecule has 1 saturated heterocycles. The average Bonchev–Trinajstić information content (AvgIpc) is 2.67. The monoisotopic (exact) mass is 229 g/mol. The highest BCUT2D eigenvalue weighted by Crippen LogP contribution is 2.23. The van der Waals surface area contributed by atoms with E-state index in [2.05, 4.69) is 49.6 Å². The van der Waals surface area contributed by atoms with E-state index in [9.17, 15) is 0 Å². The lowest BCUT2D eigenvalue weighted by Gasteiger charge is -2.25. The Balaban J connectivity index is 1.90. The van der Waals surface area contributed by atoms with E-state index < -0.39 is 0 Å². The van der Waals surface area contributed by atoms with Crippen LogP contribution in [0.2, 0.25) is 0 Å². The first kappa shape index (κ1) is 12.4. The summed E-state index contributed by atoms with van der Waals surface area (Å²) < 4.78 is 0. The minimum Gasteiger partial charge on any atom is -0.298 e. The van der Waals surface area contributed by atoms with Crippen molar-refractivity contribution in [3.63, 3.8) is 0 Å². The van der Waals surface area contributed by atoms with Crippen molar-refractivity contribution in [2.24, 2.45) is 0 Å². The maximum atomic E-state index is 3.78. The van der Waals surface area contributed by atoms with Gasteiger partial charge in [-0.15, -0.1) is 0 Å². The summed E-state index contributed by atoms with van der Waals surface area (Å²) in [5.74, 6) is 0. The lowest BCUT2D eigenvalue weighted by molar-refractivity contribution is 0.217. The van der Waals surface area contributed by atoms with E-state index in [1.54, 1.807) is 0 Å². The third kappa shape index (κ3) is 2.98. The van der Waals surface area contributed by atoms with Crippen LogP contribution in [0.15, 0.2) is 30.8 Å². The minimum absolute atomic E-state index is 0.762. The van der Waals surface area contributed by atoms with Gasteiger partial charge < -0.3 is 0 Å². The van der Waals surface area contributed by atoms with Crippen LogP contribution in [0.5, 0.6) is 0 Å². The molecule has 92 valence electrons. The number of hydrogen-bond acceptors (Lipinski definition) is 1. The average molecular weight is 229 g/mol. The second-order valence-electron chi connectivity index (χ2n) is 5.21. The van der Waals surface area contributed by atoms with E-state index in [-0.39, 0.29) is 0 Å². The summed E-state index contributed by atoms with van der Waals surface area (Å²) in [4.78, 5) is 2.64. The van der Waals surface area contributed by atoms with Gasteiger partial charge in [-0.3, -0.25) is 4.90 Å². The largest absolute Gasteiger partial charge is 0.298 e. The normalized spacial score (nSPS) is 25.1. The fourth-order valence-corrected chi connectivity index (χ4v) is 2.77. The number of benzene rings is 1. The molecule has 0 aromatic heterocycles. The Morgan fingerprint density at radius 3 is 2.29 bits per heavy atom. The highest BCUT2D eigenvalue weighted by atomic mass is 15.2. The smallest absolute Gasteiger partial charge is 0.00704 e. The van der Waals surface area contributed by atoms with Crippen molar-refractivity contribution < 1.29 is 0 Å². The molecule has 2 unspecified atom stereocenters. The van der Waals surface area contributed by atoms with E-state index >= 15 is 0 Å². The van der Waals surface area contributed by atoms with Gasteiger partial charge in [0.15, 0.2) is 0 Å². The van der Waals surface area contributed by atoms with Gasteiger partial charge in [-0.1, -0.05) is 36.9 Å². The molecular weight excluding hydrogens is 206 g/mol. The highest BCUT2D eigenvalue weighted by Gasteiger charge is 2.26. The van der Waals surface area contributed by atoms with Crippen molar-refractivity contribution >= 4 is 6.08 Å². The lowest BCUT2D eigenvalue weighted by Crippen LogP contribution is -2.34. The molecule has 2 rings (SSSR count). The quantitative estimate of drug-likeness (QED) is 0.760. The molecule has 1 heteroatoms. The van der Waals surface area contributed by atoms with Gasteiger partial charge in [-0.2, -0.15) is 0 Å². The Kier molecular flexibility index (Phi) is 4.01. The number of nitrogens with zero attached hydrogens (tertiary/aromatic N) is 1. The van der Waals surface area contributed by atoms with Gasteiger partial charge >= 0.3 is 0 Å². The molecule has 0 aliphatic carbocycles. The topological polar surface area (TPSA) is 3.24 Å². The minimum atomic E-state index is 0.762. The molecule has 1 aliphatic heterocycles. The van der Waals surface area contributed by atoms with Crippen LogP contribution in [-0.2, 0) is 6.42 Å². The zero-order chi connectivity index (χ0) is 12.3. The van der Waals surface area contributed by atoms with Crippen LogP contribution in [0, 0.1) is 0 Å². The molecule has 1 fully saturated rings. The first-order chi connectivity index (χ1) is 8.20. The maximum absolute atomic E-state index is 3.78. The van der Waals surface area contributed by atoms with Crippen LogP contribution in [0.25, 0.3) is 6.08 Å². The Morgan fingerprint density at radius 2 is 1.76 bits per heavy atom. The molecule has 1 aliphatic rings. The van der Waals surface area contributed by atoms with E-state index in [1.165, 1.54) is 30.5 Å². The predicted molar refractivity (Wildman–Crippen MR) is 75.1 cm³/mol. The molecule has 0 amide bonds. The zero-order valence-electron chi connectivity index (χ0n) is 11.0. The third-order valence-corrected chi connectivity index (χ3v) is 4.01. The Hall–Kier alpha value is -1.08. The summed E-state index contributed by atoms with van der Waals surface area (Å²) in [5, 5.41) is 0. The molecule has 1 aromatic rings. The SMILES string of the molecule is C=Cc1ccc(CCN2C(C)CCC2C)cc1. The van der Waals surface area contributed by atoms with E-state index in [1.807, 2.05) is 6.08 Å². The standard InChI is InChI=1S/C16H23N/c1-4-15-7-9-16(10-8-15)11-12-17-13(2)5-6-14(17)3/h4,7-10,13-14H,1,5-6,11-12H2,2-3H3. The van der Waals surface area contributed by atoms with Crippen LogP contribution >= 0.6 is 0 Å². The van der Waals surface area contributed by atoms with Crippen molar-refractivity contribution in [2.75, 3.05) is 6.54 Å². The van der Waals surface area contributed by atoms with Crippen LogP contribution in [-0.4, -0.2) is 23.5 Å². The van der Waals surface area contributed by atoms with E-state index in [4.69, 9.17) is 0 Å². The zero-order valence-corrected chi connectivity index (χ0v) is 11.0. The molecule has 2 atom stereocenters. The van der Waals surface area contributed by atoms with Crippen molar-refractivity contribution in [2.45, 2.75) is 45.2 Å². The summed E-state index contributed by atoms with van der Waals surface area (Å²) in [6.45, 7) is 9.67. The van der Waals surface area contributed by atoms with Gasteiger partial charge in [0.05, 0.1) is 0 Å². The van der Waals surface area contributed by atoms with Crippen LogP contribution in [0.3, 0.4) is 0 Å². The Morgan fingerprint density at radius 1 is 1.18 bits per heavy atom. The van der Waals surface area contributed by atoms with Crippen molar-refractivity contribution in [1.29, 1.82) is 0 Å². The molecule has 0 spiro atoms. The summed E-state index contributed by atoms with van der Waals surface area (Å²) in [5.41, 5.74) is 2.64. The Labute approximate surface area is 105 Å². The van der Waals surface area contributed by atoms with Gasteiger partial charge in [0.25, 0.3) is 0 Å². The molecule has 0 bridgehead atoms. The summed E-state index contributed by atoms with van der Waals surface area (Å²) in [7, 11) is 0. The molecule has 1 nitrogen and oxygen atoms in total. The van der Waals surface area contributed by atoms with Crippen molar-refractivity contribution in [3.8, 4) is 0 Å². The fraction of sp³-hybridized carbons (Fsp3) is 0.500. The lowest BCUT2D eigenvalue weighted by atomic mass is 10.1. The predicted octanol–water partition coefficient (Wildman–Crippen LogP) is 3.74. The summed E-state index contributed by atoms with van der Waals surface area (Å²) in [6.07, 6.45) is 5.77. The van der Waals surface area contributed by atoms with Gasteiger partial charge in [-0.05, 0) is 44.2 Å². The fourth-order valence-electron chi connectivity index (χ4n) is 2.77. The van der Waals surface area contributed by atoms with Gasteiger partial charge in [0.2, 0.25) is 0 Å². The van der Waals surface area contributed by atoms with E-state index in [0.29, 0.717) is 0 Å². The molecule has 17 heavy (non-hydrogen) atoms. The molecular formula is C16H23N. The number of rotatable bonds is 4. The molecule has 1 heterocycles. The van der Waals surface area contributed by atoms with Crippen molar-refractivity contribution in [1.82, 2.24) is 4.90 Å². The van der Waals surface area contributed by atoms with E-state index in [0.717, 1.165) is 18.5 Å². The molecule has 0 radical (unpaired) electrons. The summed E-state index contributed by atoms with van der Waals surface area (Å²) >= 11 is 0. The second kappa shape index (κ2) is 5.50. The van der Waals surface area contributed by atoms with Crippen LogP contribution in [0.4, 0.5) is 0 Å². The first-order valence-corrected chi connectivity index (χ1v) is 6.68. The number of hydrogen-bond donors (Lipinski definition) is 0. The molecule has 0 saturated carbocycles. The number of likely N-dealkylation sites (tertiary alicyclic amines) is 1. The second-order valence-corrected chi connectivity index (χ2v) is 5.21.